The number of H-pyrrole nitrogens is 1. The maximum absolute atomic E-state index is 4.60. The highest BCUT2D eigenvalue weighted by molar-refractivity contribution is 7.98. The molecule has 0 fully saturated rings. The number of imidazole rings is 1. The quantitative estimate of drug-likeness (QED) is 0.456. The van der Waals surface area contributed by atoms with Crippen LogP contribution in [0, 0.1) is 6.92 Å². The number of fused-ring (bicyclic) bond motifs is 2. The van der Waals surface area contributed by atoms with E-state index < -0.39 is 0 Å². The van der Waals surface area contributed by atoms with Crippen molar-refractivity contribution in [2.75, 3.05) is 0 Å². The number of aromatic amines is 1. The molecule has 4 rings (SSSR count). The highest BCUT2D eigenvalue weighted by atomic mass is 32.2. The van der Waals surface area contributed by atoms with Crippen LogP contribution in [-0.2, 0) is 5.75 Å². The Labute approximate surface area is 129 Å². The fourth-order valence-corrected chi connectivity index (χ4v) is 4.03. The topological polar surface area (TPSA) is 54.5 Å². The molecule has 3 aromatic heterocycles. The van der Waals surface area contributed by atoms with Crippen LogP contribution in [-0.4, -0.2) is 19.9 Å². The molecule has 4 nitrogen and oxygen atoms in total. The Hall–Kier alpha value is -1.92. The predicted octanol–water partition coefficient (Wildman–Crippen LogP) is 4.17. The van der Waals surface area contributed by atoms with Gasteiger partial charge in [0, 0.05) is 10.3 Å². The number of aryl methyl sites for hydroxylation is 1. The number of thiophene rings is 1. The van der Waals surface area contributed by atoms with E-state index in [1.807, 2.05) is 24.3 Å². The average Bonchev–Trinajstić information content (AvgIpc) is 3.06. The Morgan fingerprint density at radius 1 is 1.24 bits per heavy atom. The lowest BCUT2D eigenvalue weighted by molar-refractivity contribution is 1.09. The summed E-state index contributed by atoms with van der Waals surface area (Å²) < 4.78 is 0. The molecule has 21 heavy (non-hydrogen) atoms. The number of nitrogens with zero attached hydrogens (tertiary/aromatic N) is 3. The Kier molecular flexibility index (Phi) is 3.12. The monoisotopic (exact) mass is 312 g/mol. The van der Waals surface area contributed by atoms with Gasteiger partial charge in [0.1, 0.15) is 22.0 Å². The summed E-state index contributed by atoms with van der Waals surface area (Å²) in [5.74, 6) is 1.75. The largest absolute Gasteiger partial charge is 0.341 e. The number of hydrogen-bond acceptors (Lipinski definition) is 5. The van der Waals surface area contributed by atoms with Crippen LogP contribution in [0.2, 0.25) is 0 Å². The summed E-state index contributed by atoms with van der Waals surface area (Å²) in [5.41, 5.74) is 2.08. The molecule has 0 unspecified atom stereocenters. The zero-order valence-electron chi connectivity index (χ0n) is 11.3. The smallest absolute Gasteiger partial charge is 0.128 e. The van der Waals surface area contributed by atoms with E-state index in [-0.39, 0.29) is 0 Å². The molecule has 0 spiro atoms. The molecule has 6 heteroatoms. The maximum atomic E-state index is 4.60. The number of rotatable bonds is 3. The van der Waals surface area contributed by atoms with E-state index in [0.717, 1.165) is 37.9 Å². The van der Waals surface area contributed by atoms with Crippen LogP contribution in [0.3, 0.4) is 0 Å². The molecule has 0 aliphatic rings. The lowest BCUT2D eigenvalue weighted by atomic mass is 10.3. The first-order valence-corrected chi connectivity index (χ1v) is 8.37. The highest BCUT2D eigenvalue weighted by Gasteiger charge is 2.09. The molecule has 104 valence electrons. The fourth-order valence-electron chi connectivity index (χ4n) is 2.28. The average molecular weight is 312 g/mol. The third-order valence-electron chi connectivity index (χ3n) is 3.20. The molecule has 0 radical (unpaired) electrons. The van der Waals surface area contributed by atoms with Gasteiger partial charge in [0.2, 0.25) is 0 Å². The summed E-state index contributed by atoms with van der Waals surface area (Å²) in [6, 6.07) is 10.2. The number of thioether (sulfide) groups is 1. The van der Waals surface area contributed by atoms with Crippen molar-refractivity contribution in [2.24, 2.45) is 0 Å². The SMILES string of the molecule is Cc1cc2c(SCc3nc4ccccc4[nH]3)ncnc2s1. The van der Waals surface area contributed by atoms with Crippen molar-refractivity contribution in [3.8, 4) is 0 Å². The third-order valence-corrected chi connectivity index (χ3v) is 5.18. The van der Waals surface area contributed by atoms with Gasteiger partial charge in [0.25, 0.3) is 0 Å². The third kappa shape index (κ3) is 2.41. The standard InChI is InChI=1S/C15H12N4S2/c1-9-6-10-14(16-8-17-15(10)21-9)20-7-13-18-11-4-2-3-5-12(11)19-13/h2-6,8H,7H2,1H3,(H,18,19). The Morgan fingerprint density at radius 3 is 3.05 bits per heavy atom. The predicted molar refractivity (Wildman–Crippen MR) is 87.8 cm³/mol. The van der Waals surface area contributed by atoms with Gasteiger partial charge >= 0.3 is 0 Å². The molecule has 3 heterocycles. The van der Waals surface area contributed by atoms with Gasteiger partial charge in [-0.25, -0.2) is 15.0 Å². The van der Waals surface area contributed by atoms with E-state index in [9.17, 15) is 0 Å². The van der Waals surface area contributed by atoms with Gasteiger partial charge in [-0.05, 0) is 25.1 Å². The van der Waals surface area contributed by atoms with E-state index in [4.69, 9.17) is 0 Å². The van der Waals surface area contributed by atoms with Gasteiger partial charge in [0.05, 0.1) is 16.8 Å². The summed E-state index contributed by atoms with van der Waals surface area (Å²) in [7, 11) is 0. The van der Waals surface area contributed by atoms with E-state index in [1.165, 1.54) is 4.88 Å². The molecule has 0 amide bonds. The number of benzene rings is 1. The van der Waals surface area contributed by atoms with Crippen LogP contribution in [0.4, 0.5) is 0 Å². The lowest BCUT2D eigenvalue weighted by Crippen LogP contribution is -1.87. The number of nitrogens with one attached hydrogen (secondary N) is 1. The van der Waals surface area contributed by atoms with E-state index in [0.29, 0.717) is 0 Å². The van der Waals surface area contributed by atoms with Crippen LogP contribution in [0.15, 0.2) is 41.7 Å². The van der Waals surface area contributed by atoms with Crippen molar-refractivity contribution < 1.29 is 0 Å². The minimum atomic E-state index is 0.773. The minimum absolute atomic E-state index is 0.773. The van der Waals surface area contributed by atoms with Crippen molar-refractivity contribution in [1.82, 2.24) is 19.9 Å². The number of hydrogen-bond donors (Lipinski definition) is 1. The van der Waals surface area contributed by atoms with Gasteiger partial charge in [-0.15, -0.1) is 11.3 Å². The van der Waals surface area contributed by atoms with Gasteiger partial charge in [-0.3, -0.25) is 0 Å². The van der Waals surface area contributed by atoms with Crippen LogP contribution < -0.4 is 0 Å². The summed E-state index contributed by atoms with van der Waals surface area (Å²) in [6.07, 6.45) is 1.64. The molecule has 0 saturated heterocycles. The molecule has 0 bridgehead atoms. The molecular weight excluding hydrogens is 300 g/mol. The van der Waals surface area contributed by atoms with Gasteiger partial charge in [-0.2, -0.15) is 0 Å². The van der Waals surface area contributed by atoms with Crippen LogP contribution in [0.25, 0.3) is 21.3 Å². The molecule has 0 saturated carbocycles. The molecule has 1 N–H and O–H groups in total. The number of aromatic nitrogens is 4. The second-order valence-corrected chi connectivity index (χ2v) is 6.94. The summed E-state index contributed by atoms with van der Waals surface area (Å²) in [5, 5.41) is 2.16. The molecule has 1 aromatic carbocycles. The zero-order chi connectivity index (χ0) is 14.2. The Morgan fingerprint density at radius 2 is 2.14 bits per heavy atom. The van der Waals surface area contributed by atoms with E-state index in [1.54, 1.807) is 29.4 Å². The van der Waals surface area contributed by atoms with Crippen molar-refractivity contribution in [3.05, 3.63) is 47.4 Å². The molecule has 0 aliphatic carbocycles. The van der Waals surface area contributed by atoms with Crippen LogP contribution >= 0.6 is 23.1 Å². The first-order valence-electron chi connectivity index (χ1n) is 6.57. The molecule has 4 aromatic rings. The molecular formula is C15H12N4S2. The lowest BCUT2D eigenvalue weighted by Gasteiger charge is -1.99. The van der Waals surface area contributed by atoms with Crippen molar-refractivity contribution in [2.45, 2.75) is 17.7 Å². The van der Waals surface area contributed by atoms with Gasteiger partial charge in [-0.1, -0.05) is 23.9 Å². The number of para-hydroxylation sites is 2. The summed E-state index contributed by atoms with van der Waals surface area (Å²) >= 11 is 3.40. The van der Waals surface area contributed by atoms with Crippen molar-refractivity contribution in [1.29, 1.82) is 0 Å². The normalized spacial score (nSPS) is 11.5. The van der Waals surface area contributed by atoms with Crippen molar-refractivity contribution >= 4 is 44.3 Å². The minimum Gasteiger partial charge on any atom is -0.341 e. The summed E-state index contributed by atoms with van der Waals surface area (Å²) in [4.78, 5) is 19.0. The highest BCUT2D eigenvalue weighted by Crippen LogP contribution is 2.31. The second kappa shape index (κ2) is 5.13. The Balaban J connectivity index is 1.63. The first-order chi connectivity index (χ1) is 10.3. The zero-order valence-corrected chi connectivity index (χ0v) is 13.0. The van der Waals surface area contributed by atoms with Gasteiger partial charge < -0.3 is 4.98 Å². The fraction of sp³-hybridized carbons (Fsp3) is 0.133. The second-order valence-electron chi connectivity index (χ2n) is 4.74. The molecule has 0 atom stereocenters. The summed E-state index contributed by atoms with van der Waals surface area (Å²) in [6.45, 7) is 2.10. The molecule has 0 aliphatic heterocycles. The maximum Gasteiger partial charge on any atom is 0.128 e. The van der Waals surface area contributed by atoms with Crippen LogP contribution in [0.5, 0.6) is 0 Å². The van der Waals surface area contributed by atoms with E-state index in [2.05, 4.69) is 32.9 Å². The Bertz CT molecular complexity index is 893. The van der Waals surface area contributed by atoms with E-state index >= 15 is 0 Å². The van der Waals surface area contributed by atoms with Crippen LogP contribution in [0.1, 0.15) is 10.7 Å². The van der Waals surface area contributed by atoms with Crippen molar-refractivity contribution in [3.63, 3.8) is 0 Å². The van der Waals surface area contributed by atoms with Gasteiger partial charge in [0.15, 0.2) is 0 Å². The first kappa shape index (κ1) is 12.8.